The third-order valence-electron chi connectivity index (χ3n) is 4.26. The Morgan fingerprint density at radius 1 is 0.964 bits per heavy atom. The third-order valence-corrected chi connectivity index (χ3v) is 4.26. The summed E-state index contributed by atoms with van der Waals surface area (Å²) in [6.07, 6.45) is 0. The first-order chi connectivity index (χ1) is 13.6. The van der Waals surface area contributed by atoms with Gasteiger partial charge in [0.25, 0.3) is 5.91 Å². The van der Waals surface area contributed by atoms with Crippen LogP contribution in [-0.4, -0.2) is 32.4 Å². The van der Waals surface area contributed by atoms with Crippen molar-refractivity contribution in [3.05, 3.63) is 66.2 Å². The SMILES string of the molecule is COc1ccc(/C(C)=N/NC(=O)COc2cccc3ccccc23)c(OC)c1. The van der Waals surface area contributed by atoms with Gasteiger partial charge in [0.1, 0.15) is 17.2 Å². The van der Waals surface area contributed by atoms with Gasteiger partial charge in [-0.15, -0.1) is 0 Å². The van der Waals surface area contributed by atoms with Gasteiger partial charge in [-0.25, -0.2) is 5.43 Å². The number of hydrazone groups is 1. The number of nitrogens with zero attached hydrogens (tertiary/aromatic N) is 1. The molecule has 0 atom stereocenters. The van der Waals surface area contributed by atoms with Gasteiger partial charge in [0, 0.05) is 17.0 Å². The van der Waals surface area contributed by atoms with Gasteiger partial charge < -0.3 is 14.2 Å². The predicted octanol–water partition coefficient (Wildman–Crippen LogP) is 3.78. The minimum atomic E-state index is -0.347. The Bertz CT molecular complexity index is 1010. The Labute approximate surface area is 163 Å². The van der Waals surface area contributed by atoms with Crippen LogP contribution < -0.4 is 19.6 Å². The topological polar surface area (TPSA) is 69.2 Å². The quantitative estimate of drug-likeness (QED) is 0.502. The molecule has 0 aliphatic rings. The van der Waals surface area contributed by atoms with Crippen molar-refractivity contribution in [3.63, 3.8) is 0 Å². The molecule has 6 nitrogen and oxygen atoms in total. The summed E-state index contributed by atoms with van der Waals surface area (Å²) in [5.41, 5.74) is 3.89. The maximum atomic E-state index is 12.1. The molecule has 0 radical (unpaired) electrons. The fourth-order valence-electron chi connectivity index (χ4n) is 2.80. The lowest BCUT2D eigenvalue weighted by Crippen LogP contribution is -2.25. The van der Waals surface area contributed by atoms with E-state index < -0.39 is 0 Å². The van der Waals surface area contributed by atoms with Crippen LogP contribution in [0.15, 0.2) is 65.8 Å². The van der Waals surface area contributed by atoms with E-state index >= 15 is 0 Å². The summed E-state index contributed by atoms with van der Waals surface area (Å²) in [7, 11) is 3.16. The minimum Gasteiger partial charge on any atom is -0.497 e. The average molecular weight is 378 g/mol. The summed E-state index contributed by atoms with van der Waals surface area (Å²) in [5, 5.41) is 6.16. The van der Waals surface area contributed by atoms with Crippen LogP contribution in [-0.2, 0) is 4.79 Å². The highest BCUT2D eigenvalue weighted by molar-refractivity contribution is 6.01. The van der Waals surface area contributed by atoms with Crippen molar-refractivity contribution < 1.29 is 19.0 Å². The molecule has 1 N–H and O–H groups in total. The number of benzene rings is 3. The second-order valence-electron chi connectivity index (χ2n) is 6.06. The van der Waals surface area contributed by atoms with Crippen molar-refractivity contribution in [1.82, 2.24) is 5.43 Å². The third kappa shape index (κ3) is 4.40. The van der Waals surface area contributed by atoms with E-state index in [2.05, 4.69) is 10.5 Å². The fourth-order valence-corrected chi connectivity index (χ4v) is 2.80. The molecule has 144 valence electrons. The summed E-state index contributed by atoms with van der Waals surface area (Å²) >= 11 is 0. The molecule has 3 aromatic rings. The summed E-state index contributed by atoms with van der Waals surface area (Å²) in [6.45, 7) is 1.65. The van der Waals surface area contributed by atoms with Crippen LogP contribution in [0.2, 0.25) is 0 Å². The second kappa shape index (κ2) is 8.90. The van der Waals surface area contributed by atoms with Gasteiger partial charge in [0.2, 0.25) is 0 Å². The zero-order valence-corrected chi connectivity index (χ0v) is 16.1. The molecule has 0 fully saturated rings. The minimum absolute atomic E-state index is 0.134. The highest BCUT2D eigenvalue weighted by atomic mass is 16.5. The standard InChI is InChI=1S/C22H22N2O4/c1-15(18-12-11-17(26-2)13-21(18)27-3)23-24-22(25)14-28-20-10-6-8-16-7-4-5-9-19(16)20/h4-13H,14H2,1-3H3,(H,24,25)/b23-15+. The summed E-state index contributed by atoms with van der Waals surface area (Å²) in [4.78, 5) is 12.1. The lowest BCUT2D eigenvalue weighted by atomic mass is 10.1. The van der Waals surface area contributed by atoms with E-state index in [1.54, 1.807) is 27.2 Å². The van der Waals surface area contributed by atoms with E-state index in [0.717, 1.165) is 16.3 Å². The average Bonchev–Trinajstić information content (AvgIpc) is 2.75. The van der Waals surface area contributed by atoms with Crippen molar-refractivity contribution in [2.45, 2.75) is 6.92 Å². The molecule has 0 aliphatic carbocycles. The summed E-state index contributed by atoms with van der Waals surface area (Å²) in [6, 6.07) is 19.0. The van der Waals surface area contributed by atoms with Gasteiger partial charge in [-0.2, -0.15) is 5.10 Å². The van der Waals surface area contributed by atoms with Crippen LogP contribution in [0.1, 0.15) is 12.5 Å². The number of rotatable bonds is 7. The van der Waals surface area contributed by atoms with Crippen LogP contribution in [0.5, 0.6) is 17.2 Å². The van der Waals surface area contributed by atoms with Crippen molar-refractivity contribution in [2.24, 2.45) is 5.10 Å². The van der Waals surface area contributed by atoms with E-state index in [1.807, 2.05) is 54.6 Å². The lowest BCUT2D eigenvalue weighted by molar-refractivity contribution is -0.123. The van der Waals surface area contributed by atoms with E-state index in [-0.39, 0.29) is 12.5 Å². The van der Waals surface area contributed by atoms with Gasteiger partial charge in [-0.05, 0) is 30.5 Å². The van der Waals surface area contributed by atoms with Crippen LogP contribution >= 0.6 is 0 Å². The van der Waals surface area contributed by atoms with E-state index in [4.69, 9.17) is 14.2 Å². The lowest BCUT2D eigenvalue weighted by Gasteiger charge is -2.11. The maximum absolute atomic E-state index is 12.1. The van der Waals surface area contributed by atoms with Crippen LogP contribution in [0, 0.1) is 0 Å². The molecule has 0 saturated carbocycles. The Balaban J connectivity index is 1.65. The number of carbonyl (C=O) groups excluding carboxylic acids is 1. The number of hydrogen-bond acceptors (Lipinski definition) is 5. The predicted molar refractivity (Wildman–Crippen MR) is 109 cm³/mol. The van der Waals surface area contributed by atoms with E-state index in [1.165, 1.54) is 0 Å². The molecule has 0 aromatic heterocycles. The molecule has 28 heavy (non-hydrogen) atoms. The number of ether oxygens (including phenoxy) is 3. The Hall–Kier alpha value is -3.54. The first kappa shape index (κ1) is 19.2. The molecule has 0 unspecified atom stereocenters. The first-order valence-corrected chi connectivity index (χ1v) is 8.78. The second-order valence-corrected chi connectivity index (χ2v) is 6.06. The molecule has 1 amide bonds. The molecular formula is C22H22N2O4. The number of fused-ring (bicyclic) bond motifs is 1. The van der Waals surface area contributed by atoms with Gasteiger partial charge in [0.15, 0.2) is 6.61 Å². The molecule has 0 aliphatic heterocycles. The zero-order chi connectivity index (χ0) is 19.9. The molecule has 6 heteroatoms. The monoisotopic (exact) mass is 378 g/mol. The Kier molecular flexibility index (Phi) is 6.11. The largest absolute Gasteiger partial charge is 0.497 e. The van der Waals surface area contributed by atoms with Gasteiger partial charge in [-0.3, -0.25) is 4.79 Å². The van der Waals surface area contributed by atoms with Crippen molar-refractivity contribution >= 4 is 22.4 Å². The molecule has 0 spiro atoms. The summed E-state index contributed by atoms with van der Waals surface area (Å²) < 4.78 is 16.2. The Morgan fingerprint density at radius 2 is 1.75 bits per heavy atom. The first-order valence-electron chi connectivity index (χ1n) is 8.78. The zero-order valence-electron chi connectivity index (χ0n) is 16.1. The highest BCUT2D eigenvalue weighted by Gasteiger charge is 2.09. The number of hydrogen-bond donors (Lipinski definition) is 1. The number of amides is 1. The van der Waals surface area contributed by atoms with Crippen LogP contribution in [0.3, 0.4) is 0 Å². The van der Waals surface area contributed by atoms with Crippen molar-refractivity contribution in [2.75, 3.05) is 20.8 Å². The molecule has 0 saturated heterocycles. The smallest absolute Gasteiger partial charge is 0.277 e. The highest BCUT2D eigenvalue weighted by Crippen LogP contribution is 2.26. The summed E-state index contributed by atoms with van der Waals surface area (Å²) in [5.74, 6) is 1.60. The van der Waals surface area contributed by atoms with Crippen molar-refractivity contribution in [3.8, 4) is 17.2 Å². The molecule has 3 aromatic carbocycles. The molecule has 0 heterocycles. The fraction of sp³-hybridized carbons (Fsp3) is 0.182. The van der Waals surface area contributed by atoms with Gasteiger partial charge >= 0.3 is 0 Å². The number of carbonyl (C=O) groups is 1. The van der Waals surface area contributed by atoms with E-state index in [9.17, 15) is 4.79 Å². The molecule has 3 rings (SSSR count). The number of nitrogens with one attached hydrogen (secondary N) is 1. The van der Waals surface area contributed by atoms with Crippen LogP contribution in [0.4, 0.5) is 0 Å². The normalized spacial score (nSPS) is 11.2. The van der Waals surface area contributed by atoms with Crippen molar-refractivity contribution in [1.29, 1.82) is 0 Å². The van der Waals surface area contributed by atoms with Crippen LogP contribution in [0.25, 0.3) is 10.8 Å². The maximum Gasteiger partial charge on any atom is 0.277 e. The van der Waals surface area contributed by atoms with E-state index in [0.29, 0.717) is 23.0 Å². The molecular weight excluding hydrogens is 356 g/mol. The molecule has 0 bridgehead atoms. The number of methoxy groups -OCH3 is 2. The van der Waals surface area contributed by atoms with Gasteiger partial charge in [0.05, 0.1) is 19.9 Å². The Morgan fingerprint density at radius 3 is 2.54 bits per heavy atom. The van der Waals surface area contributed by atoms with Gasteiger partial charge in [-0.1, -0.05) is 36.4 Å².